The van der Waals surface area contributed by atoms with Crippen LogP contribution in [0.3, 0.4) is 0 Å². The number of β-amino-alcohol motifs (C(OH)–C–C–N with tert-alkyl or cyclic N) is 1. The zero-order valence-electron chi connectivity index (χ0n) is 13.2. The van der Waals surface area contributed by atoms with Gasteiger partial charge in [-0.15, -0.1) is 0 Å². The average Bonchev–Trinajstić information content (AvgIpc) is 2.89. The fourth-order valence-electron chi connectivity index (χ4n) is 2.80. The van der Waals surface area contributed by atoms with Gasteiger partial charge >= 0.3 is 0 Å². The molecule has 3 atom stereocenters. The van der Waals surface area contributed by atoms with Crippen LogP contribution in [-0.4, -0.2) is 52.5 Å². The summed E-state index contributed by atoms with van der Waals surface area (Å²) in [6.45, 7) is 1.46. The Labute approximate surface area is 153 Å². The number of aliphatic hydroxyl groups is 1. The number of hydrogen-bond donors (Lipinski definition) is 3. The Balaban J connectivity index is 2.08. The first-order valence-corrected chi connectivity index (χ1v) is 8.65. The smallest absolute Gasteiger partial charge is 0.243 e. The molecule has 0 unspecified atom stereocenters. The Morgan fingerprint density at radius 2 is 2.17 bits per heavy atom. The van der Waals surface area contributed by atoms with Crippen molar-refractivity contribution in [2.45, 2.75) is 38.0 Å². The molecule has 0 saturated carbocycles. The van der Waals surface area contributed by atoms with Gasteiger partial charge in [-0.1, -0.05) is 12.1 Å². The van der Waals surface area contributed by atoms with Crippen molar-refractivity contribution in [2.75, 3.05) is 6.54 Å². The van der Waals surface area contributed by atoms with Crippen LogP contribution >= 0.6 is 22.6 Å². The molecule has 1 aromatic carbocycles. The van der Waals surface area contributed by atoms with Crippen LogP contribution in [0, 0.1) is 3.57 Å². The molecule has 7 nitrogen and oxygen atoms in total. The number of likely N-dealkylation sites (tertiary alicyclic amines) is 1. The summed E-state index contributed by atoms with van der Waals surface area (Å²) in [5, 5.41) is 12.3. The molecule has 1 aromatic rings. The van der Waals surface area contributed by atoms with Gasteiger partial charge in [0, 0.05) is 29.9 Å². The lowest BCUT2D eigenvalue weighted by atomic mass is 10.0. The molecule has 8 heteroatoms. The average molecular weight is 445 g/mol. The van der Waals surface area contributed by atoms with E-state index in [0.29, 0.717) is 0 Å². The van der Waals surface area contributed by atoms with Crippen LogP contribution in [0.2, 0.25) is 0 Å². The first kappa shape index (κ1) is 18.7. The summed E-state index contributed by atoms with van der Waals surface area (Å²) < 4.78 is 1.02. The van der Waals surface area contributed by atoms with Gasteiger partial charge in [0.15, 0.2) is 0 Å². The number of carbonyl (C=O) groups excluding carboxylic acids is 3. The van der Waals surface area contributed by atoms with Crippen LogP contribution in [-0.2, 0) is 20.8 Å². The third kappa shape index (κ3) is 4.67. The van der Waals surface area contributed by atoms with Crippen molar-refractivity contribution in [3.8, 4) is 0 Å². The molecule has 3 amide bonds. The minimum absolute atomic E-state index is 0.117. The molecule has 130 valence electrons. The number of halogens is 1. The summed E-state index contributed by atoms with van der Waals surface area (Å²) in [6.07, 6.45) is -0.319. The molecule has 1 aliphatic rings. The number of primary amides is 1. The highest BCUT2D eigenvalue weighted by Gasteiger charge is 2.38. The van der Waals surface area contributed by atoms with Crippen LogP contribution in [0.1, 0.15) is 18.9 Å². The van der Waals surface area contributed by atoms with E-state index in [-0.39, 0.29) is 25.3 Å². The maximum atomic E-state index is 12.5. The second-order valence-electron chi connectivity index (χ2n) is 5.87. The number of nitrogens with two attached hydrogens (primary N) is 1. The molecule has 1 saturated heterocycles. The summed E-state index contributed by atoms with van der Waals surface area (Å²) in [5.74, 6) is -1.41. The molecular formula is C16H20IN3O4. The molecule has 1 fully saturated rings. The number of nitrogens with one attached hydrogen (secondary N) is 1. The molecule has 1 aliphatic heterocycles. The topological polar surface area (TPSA) is 113 Å². The van der Waals surface area contributed by atoms with E-state index in [9.17, 15) is 19.5 Å². The molecule has 0 bridgehead atoms. The predicted molar refractivity (Wildman–Crippen MR) is 95.8 cm³/mol. The monoisotopic (exact) mass is 445 g/mol. The summed E-state index contributed by atoms with van der Waals surface area (Å²) in [6, 6.07) is 5.89. The van der Waals surface area contributed by atoms with Crippen molar-refractivity contribution < 1.29 is 19.5 Å². The molecule has 1 heterocycles. The summed E-state index contributed by atoms with van der Waals surface area (Å²) >= 11 is 2.16. The van der Waals surface area contributed by atoms with E-state index < -0.39 is 30.0 Å². The van der Waals surface area contributed by atoms with E-state index in [1.807, 2.05) is 24.3 Å². The summed E-state index contributed by atoms with van der Waals surface area (Å²) in [4.78, 5) is 37.1. The van der Waals surface area contributed by atoms with Crippen LogP contribution in [0.5, 0.6) is 0 Å². The lowest BCUT2D eigenvalue weighted by Gasteiger charge is -2.24. The van der Waals surface area contributed by atoms with E-state index in [1.54, 1.807) is 0 Å². The van der Waals surface area contributed by atoms with Crippen LogP contribution in [0.15, 0.2) is 24.3 Å². The molecule has 0 aliphatic carbocycles. The van der Waals surface area contributed by atoms with Crippen molar-refractivity contribution in [3.63, 3.8) is 0 Å². The van der Waals surface area contributed by atoms with Gasteiger partial charge in [-0.25, -0.2) is 0 Å². The predicted octanol–water partition coefficient (Wildman–Crippen LogP) is -0.214. The second kappa shape index (κ2) is 7.93. The third-order valence-corrected chi connectivity index (χ3v) is 4.65. The maximum absolute atomic E-state index is 12.5. The fourth-order valence-corrected chi connectivity index (χ4v) is 3.41. The Hall–Kier alpha value is -1.68. The van der Waals surface area contributed by atoms with Crippen molar-refractivity contribution in [1.82, 2.24) is 10.2 Å². The number of benzene rings is 1. The zero-order valence-corrected chi connectivity index (χ0v) is 15.4. The molecular weight excluding hydrogens is 425 g/mol. The minimum atomic E-state index is -0.873. The van der Waals surface area contributed by atoms with Gasteiger partial charge in [-0.3, -0.25) is 14.4 Å². The summed E-state index contributed by atoms with van der Waals surface area (Å²) in [7, 11) is 0. The Morgan fingerprint density at radius 1 is 1.46 bits per heavy atom. The van der Waals surface area contributed by atoms with E-state index in [0.717, 1.165) is 9.13 Å². The quantitative estimate of drug-likeness (QED) is 0.545. The van der Waals surface area contributed by atoms with Crippen LogP contribution in [0.25, 0.3) is 0 Å². The van der Waals surface area contributed by atoms with Crippen molar-refractivity contribution in [1.29, 1.82) is 0 Å². The van der Waals surface area contributed by atoms with Crippen LogP contribution in [0.4, 0.5) is 0 Å². The van der Waals surface area contributed by atoms with Gasteiger partial charge in [0.25, 0.3) is 0 Å². The zero-order chi connectivity index (χ0) is 17.9. The van der Waals surface area contributed by atoms with E-state index in [2.05, 4.69) is 27.9 Å². The third-order valence-electron chi connectivity index (χ3n) is 3.97. The standard InChI is InChI=1S/C16H20IN3O4/c1-9(21)20-8-12(22)7-14(20)16(24)19-13(15(18)23)6-10-3-2-4-11(17)5-10/h2-5,12-14,22H,6-8H2,1H3,(H2,18,23)(H,19,24)/t12-,13-,14+/m1/s1. The number of amides is 3. The number of aliphatic hydroxyl groups excluding tert-OH is 1. The maximum Gasteiger partial charge on any atom is 0.243 e. The first-order valence-electron chi connectivity index (χ1n) is 7.57. The van der Waals surface area contributed by atoms with E-state index >= 15 is 0 Å². The molecule has 0 radical (unpaired) electrons. The highest BCUT2D eigenvalue weighted by molar-refractivity contribution is 14.1. The Kier molecular flexibility index (Phi) is 6.16. The van der Waals surface area contributed by atoms with Gasteiger partial charge in [0.2, 0.25) is 17.7 Å². The molecule has 2 rings (SSSR count). The largest absolute Gasteiger partial charge is 0.391 e. The highest BCUT2D eigenvalue weighted by atomic mass is 127. The lowest BCUT2D eigenvalue weighted by molar-refractivity contribution is -0.138. The van der Waals surface area contributed by atoms with Crippen molar-refractivity contribution in [2.24, 2.45) is 5.73 Å². The number of rotatable bonds is 5. The SMILES string of the molecule is CC(=O)N1C[C@H](O)C[C@H]1C(=O)N[C@H](Cc1cccc(I)c1)C(N)=O. The molecule has 4 N–H and O–H groups in total. The van der Waals surface area contributed by atoms with Gasteiger partial charge in [0.05, 0.1) is 6.10 Å². The van der Waals surface area contributed by atoms with Gasteiger partial charge < -0.3 is 21.1 Å². The lowest BCUT2D eigenvalue weighted by Crippen LogP contribution is -2.52. The van der Waals surface area contributed by atoms with Crippen LogP contribution < -0.4 is 11.1 Å². The van der Waals surface area contributed by atoms with E-state index in [4.69, 9.17) is 5.73 Å². The number of carbonyl (C=O) groups is 3. The van der Waals surface area contributed by atoms with Crippen molar-refractivity contribution in [3.05, 3.63) is 33.4 Å². The highest BCUT2D eigenvalue weighted by Crippen LogP contribution is 2.18. The second-order valence-corrected chi connectivity index (χ2v) is 7.12. The van der Waals surface area contributed by atoms with Crippen molar-refractivity contribution >= 4 is 40.3 Å². The Morgan fingerprint density at radius 3 is 2.75 bits per heavy atom. The van der Waals surface area contributed by atoms with Gasteiger partial charge in [-0.05, 0) is 40.3 Å². The molecule has 0 spiro atoms. The normalized spacial score (nSPS) is 21.4. The number of hydrogen-bond acceptors (Lipinski definition) is 4. The van der Waals surface area contributed by atoms with Gasteiger partial charge in [-0.2, -0.15) is 0 Å². The first-order chi connectivity index (χ1) is 11.3. The van der Waals surface area contributed by atoms with E-state index in [1.165, 1.54) is 11.8 Å². The fraction of sp³-hybridized carbons (Fsp3) is 0.438. The molecule has 24 heavy (non-hydrogen) atoms. The minimum Gasteiger partial charge on any atom is -0.391 e. The Bertz CT molecular complexity index is 652. The van der Waals surface area contributed by atoms with Gasteiger partial charge in [0.1, 0.15) is 12.1 Å². The number of nitrogens with zero attached hydrogens (tertiary/aromatic N) is 1. The molecule has 0 aromatic heterocycles. The summed E-state index contributed by atoms with van der Waals surface area (Å²) in [5.41, 5.74) is 6.28.